The third kappa shape index (κ3) is 14.7. The molecule has 2 aromatic rings. The molecule has 0 radical (unpaired) electrons. The second-order valence-corrected chi connectivity index (χ2v) is 14.7. The van der Waals surface area contributed by atoms with Gasteiger partial charge in [0.1, 0.15) is 18.1 Å². The Labute approximate surface area is 302 Å². The number of nitrogens with zero attached hydrogens (tertiary/aromatic N) is 1. The molecule has 13 nitrogen and oxygen atoms in total. The molecule has 5 amide bonds. The summed E-state index contributed by atoms with van der Waals surface area (Å²) in [6.07, 6.45) is 6.89. The van der Waals surface area contributed by atoms with E-state index in [0.717, 1.165) is 18.4 Å². The Bertz CT molecular complexity index is 1440. The van der Waals surface area contributed by atoms with Gasteiger partial charge in [0.2, 0.25) is 23.6 Å². The first kappa shape index (κ1) is 40.9. The van der Waals surface area contributed by atoms with Crippen LogP contribution < -0.4 is 36.6 Å². The molecule has 0 spiro atoms. The van der Waals surface area contributed by atoms with Gasteiger partial charge in [0.25, 0.3) is 5.91 Å². The van der Waals surface area contributed by atoms with Crippen molar-refractivity contribution in [2.75, 3.05) is 13.1 Å². The Hall–Kier alpha value is -4.52. The van der Waals surface area contributed by atoms with E-state index in [2.05, 4.69) is 31.9 Å². The number of amides is 5. The van der Waals surface area contributed by atoms with Crippen LogP contribution in [0.15, 0.2) is 54.9 Å². The van der Waals surface area contributed by atoms with E-state index in [1.165, 1.54) is 24.5 Å². The number of pyridine rings is 1. The summed E-state index contributed by atoms with van der Waals surface area (Å²) < 4.78 is 0.569. The van der Waals surface area contributed by atoms with E-state index >= 15 is 0 Å². The molecule has 3 rings (SSSR count). The van der Waals surface area contributed by atoms with Crippen LogP contribution in [-0.4, -0.2) is 72.8 Å². The van der Waals surface area contributed by atoms with E-state index in [-0.39, 0.29) is 35.2 Å². The highest BCUT2D eigenvalue weighted by Gasteiger charge is 2.33. The van der Waals surface area contributed by atoms with Gasteiger partial charge in [-0.1, -0.05) is 77.3 Å². The SMILES string of the molecule is CCC[C@H](NC(=O)[C@H](CC(C)(C)C)NC(=O)c1cc[n+]([O-])cc1)C(=O)N[C@H](CN[C@@H](C)C(=O)N[C@@H](CC1CC1)C(=O)NCC)Cc1ccccc1. The molecule has 13 heteroatoms. The molecule has 0 aliphatic heterocycles. The van der Waals surface area contributed by atoms with Crippen LogP contribution in [0.2, 0.25) is 0 Å². The summed E-state index contributed by atoms with van der Waals surface area (Å²) in [4.78, 5) is 66.4. The normalized spacial score (nSPS) is 15.7. The highest BCUT2D eigenvalue weighted by Crippen LogP contribution is 2.33. The molecule has 0 saturated heterocycles. The van der Waals surface area contributed by atoms with Crippen molar-refractivity contribution in [3.05, 3.63) is 71.2 Å². The first-order chi connectivity index (χ1) is 24.2. The third-order valence-corrected chi connectivity index (χ3v) is 8.70. The highest BCUT2D eigenvalue weighted by molar-refractivity contribution is 5.98. The first-order valence-electron chi connectivity index (χ1n) is 18.1. The maximum atomic E-state index is 13.8. The Morgan fingerprint density at radius 3 is 2.04 bits per heavy atom. The Morgan fingerprint density at radius 1 is 0.824 bits per heavy atom. The summed E-state index contributed by atoms with van der Waals surface area (Å²) in [5, 5.41) is 29.2. The third-order valence-electron chi connectivity index (χ3n) is 8.70. The minimum atomic E-state index is -0.937. The smallest absolute Gasteiger partial charge is 0.252 e. The number of hydrogen-bond donors (Lipinski definition) is 6. The molecular formula is C38H57N7O6. The molecule has 0 bridgehead atoms. The number of benzene rings is 1. The van der Waals surface area contributed by atoms with Crippen LogP contribution in [0.1, 0.15) is 96.0 Å². The Balaban J connectivity index is 1.70. The zero-order valence-electron chi connectivity index (χ0n) is 30.9. The number of carbonyl (C=O) groups excluding carboxylic acids is 5. The van der Waals surface area contributed by atoms with Gasteiger partial charge in [-0.3, -0.25) is 24.0 Å². The molecule has 5 atom stereocenters. The fraction of sp³-hybridized carbons (Fsp3) is 0.579. The number of likely N-dealkylation sites (N-methyl/N-ethyl adjacent to an activating group) is 1. The second kappa shape index (κ2) is 19.8. The Morgan fingerprint density at radius 2 is 1.45 bits per heavy atom. The molecule has 1 saturated carbocycles. The van der Waals surface area contributed by atoms with Gasteiger partial charge < -0.3 is 37.1 Å². The van der Waals surface area contributed by atoms with Crippen LogP contribution >= 0.6 is 0 Å². The van der Waals surface area contributed by atoms with Gasteiger partial charge in [-0.25, -0.2) is 0 Å². The van der Waals surface area contributed by atoms with Crippen molar-refractivity contribution in [2.45, 2.75) is 117 Å². The van der Waals surface area contributed by atoms with Gasteiger partial charge in [0, 0.05) is 31.3 Å². The van der Waals surface area contributed by atoms with Gasteiger partial charge in [0.15, 0.2) is 12.4 Å². The topological polar surface area (TPSA) is 184 Å². The molecule has 1 aliphatic rings. The molecule has 0 unspecified atom stereocenters. The average molecular weight is 708 g/mol. The van der Waals surface area contributed by atoms with Crippen molar-refractivity contribution in [1.29, 1.82) is 0 Å². The van der Waals surface area contributed by atoms with E-state index < -0.39 is 42.0 Å². The number of hydrogen-bond acceptors (Lipinski definition) is 7. The fourth-order valence-electron chi connectivity index (χ4n) is 5.76. The molecule has 1 aliphatic carbocycles. The maximum Gasteiger partial charge on any atom is 0.252 e. The first-order valence-corrected chi connectivity index (χ1v) is 18.1. The summed E-state index contributed by atoms with van der Waals surface area (Å²) in [6.45, 7) is 12.1. The van der Waals surface area contributed by atoms with Gasteiger partial charge in [-0.15, -0.1) is 0 Å². The lowest BCUT2D eigenvalue weighted by atomic mass is 9.87. The number of aromatic nitrogens is 1. The van der Waals surface area contributed by atoms with Crippen LogP contribution in [-0.2, 0) is 25.6 Å². The quantitative estimate of drug-likeness (QED) is 0.0901. The van der Waals surface area contributed by atoms with E-state index in [4.69, 9.17) is 0 Å². The lowest BCUT2D eigenvalue weighted by molar-refractivity contribution is -0.605. The van der Waals surface area contributed by atoms with Crippen molar-refractivity contribution >= 4 is 29.5 Å². The molecule has 1 fully saturated rings. The van der Waals surface area contributed by atoms with Crippen molar-refractivity contribution < 1.29 is 28.7 Å². The van der Waals surface area contributed by atoms with Crippen LogP contribution in [0.5, 0.6) is 0 Å². The lowest BCUT2D eigenvalue weighted by Crippen LogP contribution is -2.57. The highest BCUT2D eigenvalue weighted by atomic mass is 16.5. The summed E-state index contributed by atoms with van der Waals surface area (Å²) >= 11 is 0. The minimum Gasteiger partial charge on any atom is -0.619 e. The largest absolute Gasteiger partial charge is 0.619 e. The van der Waals surface area contributed by atoms with Crippen molar-refractivity contribution in [3.63, 3.8) is 0 Å². The van der Waals surface area contributed by atoms with Gasteiger partial charge in [-0.05, 0) is 56.4 Å². The molecule has 51 heavy (non-hydrogen) atoms. The summed E-state index contributed by atoms with van der Waals surface area (Å²) in [5.74, 6) is -1.42. The van der Waals surface area contributed by atoms with Crippen LogP contribution in [0.25, 0.3) is 0 Å². The number of rotatable bonds is 20. The summed E-state index contributed by atoms with van der Waals surface area (Å²) in [5.41, 5.74) is 0.882. The zero-order valence-corrected chi connectivity index (χ0v) is 30.9. The Kier molecular flexibility index (Phi) is 15.8. The van der Waals surface area contributed by atoms with Gasteiger partial charge in [0.05, 0.1) is 11.6 Å². The monoisotopic (exact) mass is 707 g/mol. The standard InChI is InChI=1S/C38H57N7O6/c1-7-12-30(42-37(50)32(23-38(4,5)6)44-34(47)28-17-19-45(51)20-18-28)36(49)41-29(21-26-13-10-9-11-14-26)24-40-25(3)33(46)43-31(22-27-15-16-27)35(48)39-8-2/h9-11,13-14,17-20,25,27,29-32,40H,7-8,12,15-16,21-24H2,1-6H3,(H,39,48)(H,41,49)(H,42,50)(H,43,46)(H,44,47)/t25-,29-,30-,31-,32-/m0/s1. The van der Waals surface area contributed by atoms with Crippen LogP contribution in [0, 0.1) is 16.5 Å². The minimum absolute atomic E-state index is 0.190. The second-order valence-electron chi connectivity index (χ2n) is 14.7. The average Bonchev–Trinajstić information content (AvgIpc) is 3.90. The van der Waals surface area contributed by atoms with Crippen molar-refractivity contribution in [1.82, 2.24) is 31.9 Å². The van der Waals surface area contributed by atoms with Crippen molar-refractivity contribution in [3.8, 4) is 0 Å². The van der Waals surface area contributed by atoms with Crippen LogP contribution in [0.3, 0.4) is 0 Å². The number of nitrogens with one attached hydrogen (secondary N) is 6. The number of carbonyl (C=O) groups is 5. The van der Waals surface area contributed by atoms with E-state index in [1.807, 2.05) is 65.0 Å². The lowest BCUT2D eigenvalue weighted by Gasteiger charge is -2.29. The van der Waals surface area contributed by atoms with E-state index in [0.29, 0.717) is 49.3 Å². The van der Waals surface area contributed by atoms with Crippen molar-refractivity contribution in [2.24, 2.45) is 11.3 Å². The molecule has 280 valence electrons. The summed E-state index contributed by atoms with van der Waals surface area (Å²) in [7, 11) is 0. The molecule has 6 N–H and O–H groups in total. The predicted octanol–water partition coefficient (Wildman–Crippen LogP) is 2.27. The zero-order chi connectivity index (χ0) is 37.6. The molecule has 1 aromatic carbocycles. The molecule has 1 heterocycles. The fourth-order valence-corrected chi connectivity index (χ4v) is 5.76. The van der Waals surface area contributed by atoms with E-state index in [1.54, 1.807) is 6.92 Å². The molecular weight excluding hydrogens is 650 g/mol. The van der Waals surface area contributed by atoms with Gasteiger partial charge in [-0.2, -0.15) is 4.73 Å². The summed E-state index contributed by atoms with van der Waals surface area (Å²) in [6, 6.07) is 8.90. The molecule has 1 aromatic heterocycles. The van der Waals surface area contributed by atoms with Gasteiger partial charge >= 0.3 is 0 Å². The van der Waals surface area contributed by atoms with E-state index in [9.17, 15) is 29.2 Å². The maximum absolute atomic E-state index is 13.8. The predicted molar refractivity (Wildman–Crippen MR) is 195 cm³/mol. The van der Waals surface area contributed by atoms with Crippen LogP contribution in [0.4, 0.5) is 0 Å².